The normalized spacial score (nSPS) is 20.2. The van der Waals surface area contributed by atoms with Gasteiger partial charge in [-0.05, 0) is 31.5 Å². The minimum atomic E-state index is -1.04. The Morgan fingerprint density at radius 2 is 2.00 bits per heavy atom. The summed E-state index contributed by atoms with van der Waals surface area (Å²) in [5, 5.41) is 2.97. The summed E-state index contributed by atoms with van der Waals surface area (Å²) >= 11 is 3.39. The number of carbonyl (C=O) groups is 1. The number of nitrogens with two attached hydrogens (primary N) is 1. The average Bonchev–Trinajstić information content (AvgIpc) is 2.53. The Bertz CT molecular complexity index is 499. The van der Waals surface area contributed by atoms with Crippen LogP contribution in [0.15, 0.2) is 28.7 Å². The Balaban J connectivity index is 1.91. The molecule has 1 heterocycles. The van der Waals surface area contributed by atoms with Crippen molar-refractivity contribution in [3.05, 3.63) is 34.3 Å². The van der Waals surface area contributed by atoms with Gasteiger partial charge in [0.15, 0.2) is 0 Å². The summed E-state index contributed by atoms with van der Waals surface area (Å²) in [6.07, 6.45) is 0. The van der Waals surface area contributed by atoms with E-state index >= 15 is 0 Å². The number of amides is 1. The summed E-state index contributed by atoms with van der Waals surface area (Å²) in [6.45, 7) is 7.76. The minimum absolute atomic E-state index is 0.157. The molecule has 0 aliphatic carbocycles. The first-order chi connectivity index (χ1) is 10.4. The summed E-state index contributed by atoms with van der Waals surface area (Å²) in [4.78, 5) is 14.8. The number of ether oxygens (including phenoxy) is 1. The first kappa shape index (κ1) is 17.4. The van der Waals surface area contributed by atoms with Crippen LogP contribution in [0.1, 0.15) is 19.4 Å². The van der Waals surface area contributed by atoms with Gasteiger partial charge in [-0.25, -0.2) is 0 Å². The molecule has 0 saturated carbocycles. The molecule has 2 rings (SSSR count). The van der Waals surface area contributed by atoms with E-state index in [1.807, 2.05) is 24.3 Å². The van der Waals surface area contributed by atoms with Crippen LogP contribution in [0.2, 0.25) is 0 Å². The largest absolute Gasteiger partial charge is 0.379 e. The predicted molar refractivity (Wildman–Crippen MR) is 90.5 cm³/mol. The number of rotatable bonds is 5. The number of halogens is 1. The fourth-order valence-corrected chi connectivity index (χ4v) is 2.76. The Kier molecular flexibility index (Phi) is 5.97. The molecule has 0 aromatic heterocycles. The van der Waals surface area contributed by atoms with Crippen LogP contribution >= 0.6 is 15.9 Å². The molecule has 1 aliphatic heterocycles. The van der Waals surface area contributed by atoms with Gasteiger partial charge < -0.3 is 15.8 Å². The maximum absolute atomic E-state index is 12.4. The van der Waals surface area contributed by atoms with Gasteiger partial charge in [0.25, 0.3) is 0 Å². The molecule has 1 aromatic rings. The molecular weight excluding hydrogens is 346 g/mol. The van der Waals surface area contributed by atoms with Gasteiger partial charge in [0.2, 0.25) is 5.91 Å². The molecule has 1 saturated heterocycles. The molecular formula is C16H24BrN3O2. The molecule has 5 nitrogen and oxygen atoms in total. The molecule has 22 heavy (non-hydrogen) atoms. The van der Waals surface area contributed by atoms with Crippen LogP contribution in [-0.4, -0.2) is 49.7 Å². The molecule has 1 aromatic carbocycles. The van der Waals surface area contributed by atoms with Crippen molar-refractivity contribution in [3.63, 3.8) is 0 Å². The van der Waals surface area contributed by atoms with Crippen molar-refractivity contribution in [1.29, 1.82) is 0 Å². The number of hydrogen-bond acceptors (Lipinski definition) is 4. The van der Waals surface area contributed by atoms with Crippen molar-refractivity contribution in [3.8, 4) is 0 Å². The van der Waals surface area contributed by atoms with Gasteiger partial charge >= 0.3 is 0 Å². The maximum atomic E-state index is 12.4. The zero-order valence-electron chi connectivity index (χ0n) is 13.1. The van der Waals surface area contributed by atoms with Gasteiger partial charge in [-0.3, -0.25) is 9.69 Å². The second-order valence-corrected chi connectivity index (χ2v) is 6.83. The molecule has 1 amide bonds. The van der Waals surface area contributed by atoms with Crippen molar-refractivity contribution in [2.45, 2.75) is 25.4 Å². The number of nitrogens with one attached hydrogen (secondary N) is 1. The standard InChI is InChI=1S/C16H24BrN3O2/c1-12(20-7-9-22-10-8-20)11-19-15(21)16(2,18)13-3-5-14(17)6-4-13/h3-6,12H,7-11,18H2,1-2H3,(H,19,21). The van der Waals surface area contributed by atoms with E-state index in [1.165, 1.54) is 0 Å². The van der Waals surface area contributed by atoms with E-state index in [1.54, 1.807) is 6.92 Å². The van der Waals surface area contributed by atoms with Crippen LogP contribution in [0.3, 0.4) is 0 Å². The lowest BCUT2D eigenvalue weighted by atomic mass is 9.92. The summed E-state index contributed by atoms with van der Waals surface area (Å²) in [6, 6.07) is 7.80. The Labute approximate surface area is 140 Å². The van der Waals surface area contributed by atoms with Crippen molar-refractivity contribution in [1.82, 2.24) is 10.2 Å². The zero-order valence-corrected chi connectivity index (χ0v) is 14.7. The number of nitrogens with zero attached hydrogens (tertiary/aromatic N) is 1. The third kappa shape index (κ3) is 4.29. The lowest BCUT2D eigenvalue weighted by molar-refractivity contribution is -0.126. The molecule has 2 unspecified atom stereocenters. The highest BCUT2D eigenvalue weighted by molar-refractivity contribution is 9.10. The van der Waals surface area contributed by atoms with Crippen molar-refractivity contribution >= 4 is 21.8 Å². The SMILES string of the molecule is CC(CNC(=O)C(C)(N)c1ccc(Br)cc1)N1CCOCC1. The van der Waals surface area contributed by atoms with Crippen molar-refractivity contribution in [2.75, 3.05) is 32.8 Å². The molecule has 1 fully saturated rings. The van der Waals surface area contributed by atoms with Crippen LogP contribution in [0.4, 0.5) is 0 Å². The first-order valence-electron chi connectivity index (χ1n) is 7.56. The molecule has 0 radical (unpaired) electrons. The average molecular weight is 370 g/mol. The van der Waals surface area contributed by atoms with Gasteiger partial charge in [-0.1, -0.05) is 28.1 Å². The van der Waals surface area contributed by atoms with Crippen molar-refractivity contribution in [2.24, 2.45) is 5.73 Å². The molecule has 0 bridgehead atoms. The highest BCUT2D eigenvalue weighted by Crippen LogP contribution is 2.20. The van der Waals surface area contributed by atoms with Crippen LogP contribution in [-0.2, 0) is 15.1 Å². The molecule has 0 spiro atoms. The van der Waals surface area contributed by atoms with Gasteiger partial charge in [0.05, 0.1) is 13.2 Å². The fraction of sp³-hybridized carbons (Fsp3) is 0.562. The Morgan fingerprint density at radius 1 is 1.41 bits per heavy atom. The second-order valence-electron chi connectivity index (χ2n) is 5.92. The zero-order chi connectivity index (χ0) is 16.2. The summed E-state index contributed by atoms with van der Waals surface area (Å²) < 4.78 is 6.31. The van der Waals surface area contributed by atoms with E-state index in [-0.39, 0.29) is 11.9 Å². The van der Waals surface area contributed by atoms with Gasteiger partial charge in [0, 0.05) is 30.1 Å². The number of benzene rings is 1. The summed E-state index contributed by atoms with van der Waals surface area (Å²) in [5.41, 5.74) is 6.00. The monoisotopic (exact) mass is 369 g/mol. The fourth-order valence-electron chi connectivity index (χ4n) is 2.50. The molecule has 3 N–H and O–H groups in total. The number of carbonyl (C=O) groups excluding carboxylic acids is 1. The van der Waals surface area contributed by atoms with E-state index in [2.05, 4.69) is 33.1 Å². The highest BCUT2D eigenvalue weighted by Gasteiger charge is 2.31. The van der Waals surface area contributed by atoms with E-state index in [0.717, 1.165) is 36.3 Å². The lowest BCUT2D eigenvalue weighted by Gasteiger charge is -2.33. The molecule has 122 valence electrons. The van der Waals surface area contributed by atoms with Gasteiger partial charge in [-0.15, -0.1) is 0 Å². The van der Waals surface area contributed by atoms with Gasteiger partial charge in [-0.2, -0.15) is 0 Å². The highest BCUT2D eigenvalue weighted by atomic mass is 79.9. The number of morpholine rings is 1. The topological polar surface area (TPSA) is 67.6 Å². The van der Waals surface area contributed by atoms with Crippen LogP contribution in [0.25, 0.3) is 0 Å². The molecule has 6 heteroatoms. The quantitative estimate of drug-likeness (QED) is 0.824. The number of hydrogen-bond donors (Lipinski definition) is 2. The van der Waals surface area contributed by atoms with Gasteiger partial charge in [0.1, 0.15) is 5.54 Å². The van der Waals surface area contributed by atoms with E-state index < -0.39 is 5.54 Å². The third-order valence-corrected chi connectivity index (χ3v) is 4.67. The van der Waals surface area contributed by atoms with Crippen LogP contribution in [0, 0.1) is 0 Å². The van der Waals surface area contributed by atoms with E-state index in [9.17, 15) is 4.79 Å². The van der Waals surface area contributed by atoms with Crippen LogP contribution < -0.4 is 11.1 Å². The van der Waals surface area contributed by atoms with Crippen molar-refractivity contribution < 1.29 is 9.53 Å². The summed E-state index contributed by atoms with van der Waals surface area (Å²) in [5.74, 6) is -0.157. The predicted octanol–water partition coefficient (Wildman–Crippen LogP) is 1.46. The van der Waals surface area contributed by atoms with E-state index in [4.69, 9.17) is 10.5 Å². The molecule has 1 aliphatic rings. The second kappa shape index (κ2) is 7.55. The summed E-state index contributed by atoms with van der Waals surface area (Å²) in [7, 11) is 0. The third-order valence-electron chi connectivity index (χ3n) is 4.14. The van der Waals surface area contributed by atoms with Crippen LogP contribution in [0.5, 0.6) is 0 Å². The minimum Gasteiger partial charge on any atom is -0.379 e. The Hall–Kier alpha value is -0.950. The molecule has 2 atom stereocenters. The van der Waals surface area contributed by atoms with E-state index in [0.29, 0.717) is 6.54 Å². The first-order valence-corrected chi connectivity index (χ1v) is 8.35. The smallest absolute Gasteiger partial charge is 0.244 e. The maximum Gasteiger partial charge on any atom is 0.244 e. The lowest BCUT2D eigenvalue weighted by Crippen LogP contribution is -2.53. The Morgan fingerprint density at radius 3 is 2.59 bits per heavy atom.